The molecule has 0 aromatic heterocycles. The van der Waals surface area contributed by atoms with Gasteiger partial charge in [0.05, 0.1) is 0 Å². The standard InChI is InChI=1S/C22H23NO/c1-13-5-3-6-15-9-18-14(2)19-10-16-7-4-8-23-20(16)12-22(19)24-21(18)11-17(13)15/h9-12,23H,3-8H2,1-2H3. The maximum atomic E-state index is 6.35. The molecule has 2 aromatic rings. The molecule has 0 spiro atoms. The molecule has 0 saturated carbocycles. The van der Waals surface area contributed by atoms with E-state index in [0.29, 0.717) is 0 Å². The van der Waals surface area contributed by atoms with Crippen molar-refractivity contribution >= 4 is 16.8 Å². The smallest absolute Gasteiger partial charge is 0.137 e. The van der Waals surface area contributed by atoms with Crippen LogP contribution in [-0.2, 0) is 12.8 Å². The van der Waals surface area contributed by atoms with Gasteiger partial charge in [-0.15, -0.1) is 0 Å². The van der Waals surface area contributed by atoms with Crippen LogP contribution in [0.3, 0.4) is 0 Å². The summed E-state index contributed by atoms with van der Waals surface area (Å²) in [5, 5.41) is 6.20. The summed E-state index contributed by atoms with van der Waals surface area (Å²) in [6.07, 6.45) is 6.04. The van der Waals surface area contributed by atoms with Crippen molar-refractivity contribution in [3.8, 4) is 11.5 Å². The monoisotopic (exact) mass is 317 g/mol. The third kappa shape index (κ3) is 2.02. The van der Waals surface area contributed by atoms with Crippen molar-refractivity contribution in [1.29, 1.82) is 0 Å². The Bertz CT molecular complexity index is 984. The number of benzene rings is 2. The van der Waals surface area contributed by atoms with Crippen LogP contribution in [0.4, 0.5) is 5.69 Å². The highest BCUT2D eigenvalue weighted by molar-refractivity contribution is 5.77. The van der Waals surface area contributed by atoms with Crippen molar-refractivity contribution in [1.82, 2.24) is 0 Å². The molecule has 0 fully saturated rings. The number of fused-ring (bicyclic) bond motifs is 4. The molecule has 2 aliphatic heterocycles. The van der Waals surface area contributed by atoms with Crippen LogP contribution in [0.15, 0.2) is 24.3 Å². The molecule has 2 heteroatoms. The van der Waals surface area contributed by atoms with Gasteiger partial charge < -0.3 is 10.1 Å². The molecule has 1 N–H and O–H groups in total. The van der Waals surface area contributed by atoms with Gasteiger partial charge in [-0.2, -0.15) is 0 Å². The Morgan fingerprint density at radius 3 is 2.62 bits per heavy atom. The first-order valence-electron chi connectivity index (χ1n) is 9.13. The summed E-state index contributed by atoms with van der Waals surface area (Å²) in [5.41, 5.74) is 8.28. The van der Waals surface area contributed by atoms with Crippen LogP contribution in [0, 0.1) is 0 Å². The molecule has 0 atom stereocenters. The molecule has 0 saturated heterocycles. The average molecular weight is 317 g/mol. The van der Waals surface area contributed by atoms with Gasteiger partial charge in [0.25, 0.3) is 0 Å². The molecule has 0 bridgehead atoms. The first-order valence-corrected chi connectivity index (χ1v) is 9.13. The van der Waals surface area contributed by atoms with Crippen molar-refractivity contribution in [3.63, 3.8) is 0 Å². The summed E-state index contributed by atoms with van der Waals surface area (Å²) in [5.74, 6) is 2.03. The molecule has 122 valence electrons. The number of aryl methyl sites for hydroxylation is 2. The molecule has 0 unspecified atom stereocenters. The molecule has 2 heterocycles. The highest BCUT2D eigenvalue weighted by Crippen LogP contribution is 2.38. The van der Waals surface area contributed by atoms with Gasteiger partial charge in [0.2, 0.25) is 0 Å². The fourth-order valence-electron chi connectivity index (χ4n) is 4.42. The molecule has 2 nitrogen and oxygen atoms in total. The van der Waals surface area contributed by atoms with Gasteiger partial charge in [-0.1, -0.05) is 5.57 Å². The predicted octanol–water partition coefficient (Wildman–Crippen LogP) is 3.88. The summed E-state index contributed by atoms with van der Waals surface area (Å²) >= 11 is 0. The maximum Gasteiger partial charge on any atom is 0.137 e. The van der Waals surface area contributed by atoms with Gasteiger partial charge in [0, 0.05) is 29.1 Å². The van der Waals surface area contributed by atoms with E-state index in [0.717, 1.165) is 24.5 Å². The van der Waals surface area contributed by atoms with Gasteiger partial charge in [-0.05, 0) is 86.1 Å². The summed E-state index contributed by atoms with van der Waals surface area (Å²) < 4.78 is 6.35. The Kier molecular flexibility index (Phi) is 3.03. The van der Waals surface area contributed by atoms with Crippen molar-refractivity contribution in [2.45, 2.75) is 46.0 Å². The Morgan fingerprint density at radius 2 is 1.71 bits per heavy atom. The van der Waals surface area contributed by atoms with Crippen LogP contribution in [0.25, 0.3) is 11.1 Å². The highest BCUT2D eigenvalue weighted by atomic mass is 16.5. The molecular weight excluding hydrogens is 294 g/mol. The van der Waals surface area contributed by atoms with Gasteiger partial charge in [-0.25, -0.2) is 0 Å². The Morgan fingerprint density at radius 1 is 0.833 bits per heavy atom. The van der Waals surface area contributed by atoms with E-state index >= 15 is 0 Å². The first-order chi connectivity index (χ1) is 11.7. The first kappa shape index (κ1) is 14.2. The van der Waals surface area contributed by atoms with Crippen molar-refractivity contribution in [2.24, 2.45) is 0 Å². The van der Waals surface area contributed by atoms with Gasteiger partial charge in [0.15, 0.2) is 0 Å². The lowest BCUT2D eigenvalue weighted by atomic mass is 9.90. The number of nitrogens with one attached hydrogen (secondary N) is 1. The summed E-state index contributed by atoms with van der Waals surface area (Å²) in [4.78, 5) is 0. The van der Waals surface area contributed by atoms with Crippen LogP contribution >= 0.6 is 0 Å². The van der Waals surface area contributed by atoms with Crippen molar-refractivity contribution < 1.29 is 4.74 Å². The predicted molar refractivity (Wildman–Crippen MR) is 99.2 cm³/mol. The van der Waals surface area contributed by atoms with E-state index in [-0.39, 0.29) is 0 Å². The minimum absolute atomic E-state index is 1.00. The molecule has 2 aromatic carbocycles. The lowest BCUT2D eigenvalue weighted by Gasteiger charge is -2.25. The molecule has 0 radical (unpaired) electrons. The van der Waals surface area contributed by atoms with E-state index in [4.69, 9.17) is 4.74 Å². The Hall–Kier alpha value is -2.22. The minimum Gasteiger partial charge on any atom is -0.456 e. The van der Waals surface area contributed by atoms with E-state index in [2.05, 4.69) is 43.4 Å². The van der Waals surface area contributed by atoms with Crippen LogP contribution in [-0.4, -0.2) is 6.54 Å². The van der Waals surface area contributed by atoms with Gasteiger partial charge >= 0.3 is 0 Å². The van der Waals surface area contributed by atoms with E-state index in [9.17, 15) is 0 Å². The summed E-state index contributed by atoms with van der Waals surface area (Å²) in [6.45, 7) is 5.57. The normalized spacial score (nSPS) is 17.9. The topological polar surface area (TPSA) is 21.3 Å². The molecule has 0 amide bonds. The van der Waals surface area contributed by atoms with E-state index in [1.807, 2.05) is 0 Å². The van der Waals surface area contributed by atoms with E-state index in [1.54, 1.807) is 0 Å². The van der Waals surface area contributed by atoms with Crippen molar-refractivity contribution in [3.05, 3.63) is 51.4 Å². The van der Waals surface area contributed by atoms with Crippen molar-refractivity contribution in [2.75, 3.05) is 11.9 Å². The van der Waals surface area contributed by atoms with E-state index < -0.39 is 0 Å². The Balaban J connectivity index is 1.78. The zero-order chi connectivity index (χ0) is 16.3. The van der Waals surface area contributed by atoms with Crippen LogP contribution in [0.5, 0.6) is 11.5 Å². The second-order valence-electron chi connectivity index (χ2n) is 7.40. The number of hydrogen-bond acceptors (Lipinski definition) is 2. The van der Waals surface area contributed by atoms with Crippen LogP contribution in [0.1, 0.15) is 49.8 Å². The molecule has 24 heavy (non-hydrogen) atoms. The fraction of sp³-hybridized carbons (Fsp3) is 0.364. The number of anilines is 1. The lowest BCUT2D eigenvalue weighted by Crippen LogP contribution is -2.25. The van der Waals surface area contributed by atoms with Crippen LogP contribution in [0.2, 0.25) is 0 Å². The Labute approximate surface area is 142 Å². The third-order valence-corrected chi connectivity index (χ3v) is 5.83. The zero-order valence-corrected chi connectivity index (χ0v) is 14.5. The summed E-state index contributed by atoms with van der Waals surface area (Å²) in [6, 6.07) is 9.19. The largest absolute Gasteiger partial charge is 0.456 e. The fourth-order valence-corrected chi connectivity index (χ4v) is 4.42. The summed E-state index contributed by atoms with van der Waals surface area (Å²) in [7, 11) is 0. The molecule has 3 aliphatic rings. The average Bonchev–Trinajstić information content (AvgIpc) is 2.60. The maximum absolute atomic E-state index is 6.35. The molecular formula is C22H23NO. The second-order valence-corrected chi connectivity index (χ2v) is 7.40. The lowest BCUT2D eigenvalue weighted by molar-refractivity contribution is 0.470. The second kappa shape index (κ2) is 5.14. The quantitative estimate of drug-likeness (QED) is 0.796. The van der Waals surface area contributed by atoms with Gasteiger partial charge in [0.1, 0.15) is 11.5 Å². The highest BCUT2D eigenvalue weighted by Gasteiger charge is 2.21. The van der Waals surface area contributed by atoms with E-state index in [1.165, 1.54) is 69.6 Å². The number of hydrogen-bond donors (Lipinski definition) is 1. The number of ether oxygens (including phenoxy) is 1. The molecule has 5 rings (SSSR count). The third-order valence-electron chi connectivity index (χ3n) is 5.83. The SMILES string of the molecule is CC1=c2cc3c(cc2CCC1)=C(C)c1cc2c(cc1O3)NCCC2. The molecule has 1 aliphatic carbocycles. The van der Waals surface area contributed by atoms with Crippen LogP contribution < -0.4 is 20.5 Å². The zero-order valence-electron chi connectivity index (χ0n) is 14.5. The minimum atomic E-state index is 1.00. The van der Waals surface area contributed by atoms with Gasteiger partial charge in [-0.3, -0.25) is 0 Å². The number of rotatable bonds is 0.